The minimum absolute atomic E-state index is 0.0330. The van der Waals surface area contributed by atoms with E-state index < -0.39 is 5.60 Å². The van der Waals surface area contributed by atoms with Gasteiger partial charge >= 0.3 is 0 Å². The summed E-state index contributed by atoms with van der Waals surface area (Å²) in [4.78, 5) is 0. The smallest absolute Gasteiger partial charge is 0.123 e. The zero-order chi connectivity index (χ0) is 19.4. The van der Waals surface area contributed by atoms with Crippen LogP contribution in [-0.4, -0.2) is 5.11 Å². The van der Waals surface area contributed by atoms with Crippen LogP contribution < -0.4 is 0 Å². The molecule has 0 radical (unpaired) electrons. The molecule has 1 nitrogen and oxygen atoms in total. The van der Waals surface area contributed by atoms with Crippen molar-refractivity contribution in [1.82, 2.24) is 0 Å². The van der Waals surface area contributed by atoms with Crippen LogP contribution in [0.2, 0.25) is 0 Å². The van der Waals surface area contributed by atoms with Crippen LogP contribution in [0, 0.1) is 52.2 Å². The van der Waals surface area contributed by atoms with Gasteiger partial charge in [0.05, 0.1) is 0 Å². The maximum Gasteiger partial charge on any atom is 0.123 e. The largest absolute Gasteiger partial charge is 0.384 e. The second-order valence-corrected chi connectivity index (χ2v) is 12.6. The molecule has 2 heteroatoms. The van der Waals surface area contributed by atoms with Gasteiger partial charge < -0.3 is 5.11 Å². The van der Waals surface area contributed by atoms with Crippen molar-refractivity contribution < 1.29 is 9.50 Å². The molecule has 0 heterocycles. The number of hydrogen-bond acceptors (Lipinski definition) is 1. The Labute approximate surface area is 174 Å². The zero-order valence-corrected chi connectivity index (χ0v) is 17.6. The van der Waals surface area contributed by atoms with Crippen molar-refractivity contribution in [3.63, 3.8) is 0 Å². The van der Waals surface area contributed by atoms with Gasteiger partial charge in [-0.2, -0.15) is 0 Å². The predicted octanol–water partition coefficient (Wildman–Crippen LogP) is 6.45. The summed E-state index contributed by atoms with van der Waals surface area (Å²) in [7, 11) is 0. The van der Waals surface area contributed by atoms with E-state index >= 15 is 0 Å². The monoisotopic (exact) mass is 394 g/mol. The first-order valence-corrected chi connectivity index (χ1v) is 12.5. The van der Waals surface area contributed by atoms with Crippen LogP contribution in [0.15, 0.2) is 24.3 Å². The summed E-state index contributed by atoms with van der Waals surface area (Å²) in [5.74, 6) is 4.75. The molecule has 8 saturated carbocycles. The van der Waals surface area contributed by atoms with Gasteiger partial charge in [-0.15, -0.1) is 0 Å². The van der Waals surface area contributed by atoms with Gasteiger partial charge in [-0.3, -0.25) is 0 Å². The van der Waals surface area contributed by atoms with Crippen molar-refractivity contribution in [3.8, 4) is 0 Å². The van der Waals surface area contributed by atoms with Crippen LogP contribution >= 0.6 is 0 Å². The van der Waals surface area contributed by atoms with E-state index in [9.17, 15) is 9.50 Å². The van der Waals surface area contributed by atoms with Crippen LogP contribution in [0.25, 0.3) is 0 Å². The molecule has 1 aromatic carbocycles. The van der Waals surface area contributed by atoms with Gasteiger partial charge in [-0.25, -0.2) is 4.39 Å². The van der Waals surface area contributed by atoms with Crippen LogP contribution in [0.5, 0.6) is 0 Å². The van der Waals surface area contributed by atoms with Gasteiger partial charge in [0.15, 0.2) is 0 Å². The van der Waals surface area contributed by atoms with Crippen molar-refractivity contribution in [1.29, 1.82) is 0 Å². The van der Waals surface area contributed by atoms with E-state index in [0.29, 0.717) is 0 Å². The number of halogens is 1. The average molecular weight is 395 g/mol. The molecule has 0 unspecified atom stereocenters. The first-order valence-electron chi connectivity index (χ1n) is 12.5. The fraction of sp³-hybridized carbons (Fsp3) is 0.778. The van der Waals surface area contributed by atoms with E-state index in [4.69, 9.17) is 0 Å². The summed E-state index contributed by atoms with van der Waals surface area (Å²) in [6.45, 7) is 0. The lowest BCUT2D eigenvalue weighted by atomic mass is 9.35. The molecule has 0 saturated heterocycles. The third kappa shape index (κ3) is 2.25. The Morgan fingerprint density at radius 2 is 0.931 bits per heavy atom. The highest BCUT2D eigenvalue weighted by atomic mass is 19.1. The number of aliphatic hydroxyl groups is 1. The molecule has 8 fully saturated rings. The summed E-state index contributed by atoms with van der Waals surface area (Å²) in [5, 5.41) is 13.2. The second kappa shape index (κ2) is 5.67. The molecule has 156 valence electrons. The quantitative estimate of drug-likeness (QED) is 0.625. The lowest BCUT2D eigenvalue weighted by molar-refractivity contribution is -0.277. The summed E-state index contributed by atoms with van der Waals surface area (Å²) in [5.41, 5.74) is 0.360. The van der Waals surface area contributed by atoms with Crippen molar-refractivity contribution >= 4 is 0 Å². The standard InChI is InChI=1S/C27H35FO/c28-24-3-1-23(2-4-24)27(29,25-11-17-5-18(12-25)7-19(6-17)13-25)26-14-20-8-21(15-26)10-22(9-20)16-26/h1-4,17-22,29H,5-16H2. The SMILES string of the molecule is OC(c1ccc(F)cc1)(C12CC3CC(CC(C3)C1)C2)C12CC3CC(CC(C3)C1)C2. The fourth-order valence-electron chi connectivity index (χ4n) is 11.0. The van der Waals surface area contributed by atoms with Crippen molar-refractivity contribution in [2.24, 2.45) is 46.3 Å². The maximum absolute atomic E-state index is 13.9. The Morgan fingerprint density at radius 1 is 0.621 bits per heavy atom. The molecule has 8 bridgehead atoms. The van der Waals surface area contributed by atoms with E-state index in [1.54, 1.807) is 12.1 Å². The average Bonchev–Trinajstić information content (AvgIpc) is 2.65. The van der Waals surface area contributed by atoms with Crippen LogP contribution in [0.4, 0.5) is 4.39 Å². The Morgan fingerprint density at radius 3 is 1.24 bits per heavy atom. The van der Waals surface area contributed by atoms with Crippen molar-refractivity contribution in [3.05, 3.63) is 35.6 Å². The third-order valence-corrected chi connectivity index (χ3v) is 10.9. The summed E-state index contributed by atoms with van der Waals surface area (Å²) in [6.07, 6.45) is 15.7. The highest BCUT2D eigenvalue weighted by Gasteiger charge is 2.70. The molecule has 0 aliphatic heterocycles. The van der Waals surface area contributed by atoms with Gasteiger partial charge in [0.2, 0.25) is 0 Å². The topological polar surface area (TPSA) is 20.2 Å². The van der Waals surface area contributed by atoms with Gasteiger partial charge in [-0.05, 0) is 130 Å². The van der Waals surface area contributed by atoms with E-state index in [2.05, 4.69) is 0 Å². The maximum atomic E-state index is 13.9. The Kier molecular flexibility index (Phi) is 3.47. The van der Waals surface area contributed by atoms with Crippen LogP contribution in [-0.2, 0) is 5.60 Å². The molecule has 1 aromatic rings. The summed E-state index contributed by atoms with van der Waals surface area (Å²) >= 11 is 0. The zero-order valence-electron chi connectivity index (χ0n) is 17.6. The van der Waals surface area contributed by atoms with Gasteiger partial charge in [0.1, 0.15) is 11.4 Å². The molecule has 0 spiro atoms. The highest BCUT2D eigenvalue weighted by molar-refractivity contribution is 5.33. The number of benzene rings is 1. The molecule has 8 aliphatic carbocycles. The van der Waals surface area contributed by atoms with Gasteiger partial charge in [0, 0.05) is 10.8 Å². The molecule has 0 aromatic heterocycles. The lowest BCUT2D eigenvalue weighted by Crippen LogP contribution is -2.66. The predicted molar refractivity (Wildman–Crippen MR) is 112 cm³/mol. The first kappa shape index (κ1) is 17.8. The van der Waals surface area contributed by atoms with Gasteiger partial charge in [0.25, 0.3) is 0 Å². The Balaban J connectivity index is 1.42. The molecule has 29 heavy (non-hydrogen) atoms. The second-order valence-electron chi connectivity index (χ2n) is 12.6. The van der Waals surface area contributed by atoms with E-state index in [0.717, 1.165) is 41.1 Å². The molecular formula is C27H35FO. The molecular weight excluding hydrogens is 359 g/mol. The minimum atomic E-state index is -0.764. The molecule has 1 N–H and O–H groups in total. The van der Waals surface area contributed by atoms with Crippen LogP contribution in [0.1, 0.15) is 82.6 Å². The normalized spacial score (nSPS) is 51.4. The van der Waals surface area contributed by atoms with E-state index in [1.165, 1.54) is 77.0 Å². The summed E-state index contributed by atoms with van der Waals surface area (Å²) in [6, 6.07) is 7.15. The first-order chi connectivity index (χ1) is 14.0. The number of rotatable bonds is 3. The van der Waals surface area contributed by atoms with Crippen molar-refractivity contribution in [2.45, 2.75) is 82.7 Å². The van der Waals surface area contributed by atoms with E-state index in [-0.39, 0.29) is 16.6 Å². The molecule has 9 rings (SSSR count). The summed E-state index contributed by atoms with van der Waals surface area (Å²) < 4.78 is 13.9. The number of hydrogen-bond donors (Lipinski definition) is 1. The molecule has 0 amide bonds. The lowest BCUT2D eigenvalue weighted by Gasteiger charge is -2.70. The molecule has 8 aliphatic rings. The Bertz CT molecular complexity index is 709. The third-order valence-electron chi connectivity index (χ3n) is 10.9. The van der Waals surface area contributed by atoms with Crippen LogP contribution in [0.3, 0.4) is 0 Å². The fourth-order valence-corrected chi connectivity index (χ4v) is 11.0. The minimum Gasteiger partial charge on any atom is -0.384 e. The van der Waals surface area contributed by atoms with Gasteiger partial charge in [-0.1, -0.05) is 12.1 Å². The highest BCUT2D eigenvalue weighted by Crippen LogP contribution is 2.75. The molecule has 0 atom stereocenters. The Hall–Kier alpha value is -0.890. The van der Waals surface area contributed by atoms with Crippen molar-refractivity contribution in [2.75, 3.05) is 0 Å². The van der Waals surface area contributed by atoms with E-state index in [1.807, 2.05) is 12.1 Å².